The maximum atomic E-state index is 13.0. The fourth-order valence-electron chi connectivity index (χ4n) is 3.67. The van der Waals surface area contributed by atoms with Crippen molar-refractivity contribution in [2.45, 2.75) is 19.8 Å². The Morgan fingerprint density at radius 1 is 1.12 bits per heavy atom. The van der Waals surface area contributed by atoms with Gasteiger partial charge in [0, 0.05) is 29.5 Å². The highest BCUT2D eigenvalue weighted by Gasteiger charge is 2.24. The molecule has 1 aliphatic rings. The molecule has 32 heavy (non-hydrogen) atoms. The van der Waals surface area contributed by atoms with E-state index in [1.165, 1.54) is 0 Å². The SMILES string of the molecule is CCOc1ccc(C=C2CCc3c2oc2cc(NC(=O)C=CC(=O)O)ccc2c3=O)cc1. The number of nitrogens with one attached hydrogen (secondary N) is 1. The number of anilines is 1. The molecule has 0 spiro atoms. The third kappa shape index (κ3) is 4.46. The number of fused-ring (bicyclic) bond motifs is 2. The Kier molecular flexibility index (Phi) is 5.89. The Morgan fingerprint density at radius 3 is 2.62 bits per heavy atom. The van der Waals surface area contributed by atoms with Gasteiger partial charge in [-0.3, -0.25) is 9.59 Å². The molecular weight excluding hydrogens is 410 g/mol. The zero-order chi connectivity index (χ0) is 22.7. The Hall–Kier alpha value is -4.13. The van der Waals surface area contributed by atoms with Gasteiger partial charge >= 0.3 is 5.97 Å². The van der Waals surface area contributed by atoms with Crippen LogP contribution in [0.3, 0.4) is 0 Å². The lowest BCUT2D eigenvalue weighted by Crippen LogP contribution is -2.11. The molecule has 2 aromatic carbocycles. The van der Waals surface area contributed by atoms with Crippen molar-refractivity contribution in [2.75, 3.05) is 11.9 Å². The van der Waals surface area contributed by atoms with E-state index in [1.54, 1.807) is 18.2 Å². The van der Waals surface area contributed by atoms with Crippen LogP contribution >= 0.6 is 0 Å². The predicted octanol–water partition coefficient (Wildman–Crippen LogP) is 4.26. The van der Waals surface area contributed by atoms with E-state index in [0.29, 0.717) is 47.4 Å². The zero-order valence-electron chi connectivity index (χ0n) is 17.4. The first-order valence-corrected chi connectivity index (χ1v) is 10.2. The van der Waals surface area contributed by atoms with Gasteiger partial charge < -0.3 is 19.6 Å². The van der Waals surface area contributed by atoms with Crippen molar-refractivity contribution >= 4 is 40.2 Å². The van der Waals surface area contributed by atoms with E-state index < -0.39 is 11.9 Å². The number of aliphatic carboxylic acids is 1. The molecular formula is C25H21NO6. The maximum absolute atomic E-state index is 13.0. The molecule has 0 aliphatic heterocycles. The number of carbonyl (C=O) groups excluding carboxylic acids is 1. The van der Waals surface area contributed by atoms with Crippen LogP contribution < -0.4 is 15.5 Å². The summed E-state index contributed by atoms with van der Waals surface area (Å²) in [5.74, 6) is -0.448. The Bertz CT molecular complexity index is 1310. The largest absolute Gasteiger partial charge is 0.494 e. The van der Waals surface area contributed by atoms with Crippen molar-refractivity contribution in [2.24, 2.45) is 0 Å². The molecule has 4 rings (SSSR count). The van der Waals surface area contributed by atoms with Crippen LogP contribution in [0.15, 0.2) is 63.8 Å². The number of amides is 1. The minimum atomic E-state index is -1.22. The summed E-state index contributed by atoms with van der Waals surface area (Å²) in [6.07, 6.45) is 4.97. The molecule has 1 aliphatic carbocycles. The van der Waals surface area contributed by atoms with Crippen LogP contribution in [-0.4, -0.2) is 23.6 Å². The van der Waals surface area contributed by atoms with Gasteiger partial charge in [0.05, 0.1) is 12.0 Å². The van der Waals surface area contributed by atoms with Crippen molar-refractivity contribution in [3.8, 4) is 5.75 Å². The first kappa shape index (κ1) is 21.1. The third-order valence-electron chi connectivity index (χ3n) is 5.10. The second-order valence-corrected chi connectivity index (χ2v) is 7.28. The fourth-order valence-corrected chi connectivity index (χ4v) is 3.67. The van der Waals surface area contributed by atoms with Gasteiger partial charge in [0.2, 0.25) is 5.91 Å². The molecule has 162 valence electrons. The van der Waals surface area contributed by atoms with Crippen molar-refractivity contribution < 1.29 is 23.8 Å². The number of carbonyl (C=O) groups is 2. The molecule has 0 fully saturated rings. The normalized spacial score (nSPS) is 14.1. The van der Waals surface area contributed by atoms with Gasteiger partial charge in [-0.05, 0) is 61.2 Å². The highest BCUT2D eigenvalue weighted by molar-refractivity contribution is 6.03. The maximum Gasteiger partial charge on any atom is 0.328 e. The number of hydrogen-bond acceptors (Lipinski definition) is 5. The average Bonchev–Trinajstić information content (AvgIpc) is 3.16. The number of benzene rings is 2. The van der Waals surface area contributed by atoms with E-state index in [2.05, 4.69) is 5.32 Å². The van der Waals surface area contributed by atoms with Gasteiger partial charge in [-0.1, -0.05) is 12.1 Å². The van der Waals surface area contributed by atoms with Gasteiger partial charge in [0.15, 0.2) is 5.43 Å². The Morgan fingerprint density at radius 2 is 1.91 bits per heavy atom. The van der Waals surface area contributed by atoms with Gasteiger partial charge in [0.25, 0.3) is 0 Å². The van der Waals surface area contributed by atoms with Crippen molar-refractivity contribution in [3.63, 3.8) is 0 Å². The Labute approximate surface area is 183 Å². The number of carboxylic acid groups (broad SMARTS) is 1. The second kappa shape index (κ2) is 8.93. The van der Waals surface area contributed by atoms with Crippen LogP contribution in [-0.2, 0) is 16.0 Å². The lowest BCUT2D eigenvalue weighted by Gasteiger charge is -2.07. The summed E-state index contributed by atoms with van der Waals surface area (Å²) >= 11 is 0. The fraction of sp³-hybridized carbons (Fsp3) is 0.160. The van der Waals surface area contributed by atoms with E-state index in [0.717, 1.165) is 29.0 Å². The summed E-state index contributed by atoms with van der Waals surface area (Å²) in [5.41, 5.74) is 3.23. The summed E-state index contributed by atoms with van der Waals surface area (Å²) in [7, 11) is 0. The van der Waals surface area contributed by atoms with Gasteiger partial charge in [-0.25, -0.2) is 4.79 Å². The molecule has 0 radical (unpaired) electrons. The number of hydrogen-bond donors (Lipinski definition) is 2. The van der Waals surface area contributed by atoms with Crippen LogP contribution in [0.25, 0.3) is 22.6 Å². The summed E-state index contributed by atoms with van der Waals surface area (Å²) in [6, 6.07) is 12.5. The van der Waals surface area contributed by atoms with Crippen LogP contribution in [0.2, 0.25) is 0 Å². The standard InChI is InChI=1S/C25H21NO6/c1-2-31-18-7-3-15(4-8-18)13-16-5-9-20-24(30)19-10-6-17(14-21(19)32-25(16)20)26-22(27)11-12-23(28)29/h3-4,6-8,10-14H,2,5,9H2,1H3,(H,26,27)(H,28,29). The van der Waals surface area contributed by atoms with Crippen LogP contribution in [0, 0.1) is 0 Å². The monoisotopic (exact) mass is 431 g/mol. The lowest BCUT2D eigenvalue weighted by molar-refractivity contribution is -0.131. The molecule has 0 unspecified atom stereocenters. The number of allylic oxidation sites excluding steroid dienone is 1. The third-order valence-corrected chi connectivity index (χ3v) is 5.10. The molecule has 3 aromatic rings. The molecule has 0 atom stereocenters. The van der Waals surface area contributed by atoms with Gasteiger partial charge in [0.1, 0.15) is 17.1 Å². The highest BCUT2D eigenvalue weighted by atomic mass is 16.5. The highest BCUT2D eigenvalue weighted by Crippen LogP contribution is 2.34. The van der Waals surface area contributed by atoms with E-state index in [4.69, 9.17) is 14.3 Å². The summed E-state index contributed by atoms with van der Waals surface area (Å²) < 4.78 is 11.6. The van der Waals surface area contributed by atoms with E-state index >= 15 is 0 Å². The molecule has 7 nitrogen and oxygen atoms in total. The lowest BCUT2D eigenvalue weighted by atomic mass is 10.1. The molecule has 0 saturated carbocycles. The van der Waals surface area contributed by atoms with E-state index in [-0.39, 0.29) is 5.43 Å². The van der Waals surface area contributed by atoms with Gasteiger partial charge in [-0.15, -0.1) is 0 Å². The molecule has 7 heteroatoms. The van der Waals surface area contributed by atoms with E-state index in [9.17, 15) is 14.4 Å². The average molecular weight is 431 g/mol. The number of carboxylic acids is 1. The molecule has 1 heterocycles. The molecule has 1 aromatic heterocycles. The van der Waals surface area contributed by atoms with Gasteiger partial charge in [-0.2, -0.15) is 0 Å². The first-order valence-electron chi connectivity index (χ1n) is 10.2. The van der Waals surface area contributed by atoms with Crippen LogP contribution in [0.1, 0.15) is 30.2 Å². The van der Waals surface area contributed by atoms with Crippen molar-refractivity contribution in [1.82, 2.24) is 0 Å². The van der Waals surface area contributed by atoms with E-state index in [1.807, 2.05) is 37.3 Å². The smallest absolute Gasteiger partial charge is 0.328 e. The number of ether oxygens (including phenoxy) is 1. The quantitative estimate of drug-likeness (QED) is 0.565. The minimum absolute atomic E-state index is 0.0833. The Balaban J connectivity index is 1.67. The summed E-state index contributed by atoms with van der Waals surface area (Å²) in [5, 5.41) is 11.6. The van der Waals surface area contributed by atoms with Crippen molar-refractivity contribution in [3.05, 3.63) is 81.7 Å². The first-order chi connectivity index (χ1) is 15.4. The summed E-state index contributed by atoms with van der Waals surface area (Å²) in [6.45, 7) is 2.53. The summed E-state index contributed by atoms with van der Waals surface area (Å²) in [4.78, 5) is 35.4. The predicted molar refractivity (Wildman–Crippen MR) is 122 cm³/mol. The van der Waals surface area contributed by atoms with Crippen LogP contribution in [0.5, 0.6) is 5.75 Å². The van der Waals surface area contributed by atoms with Crippen LogP contribution in [0.4, 0.5) is 5.69 Å². The van der Waals surface area contributed by atoms with Crippen molar-refractivity contribution in [1.29, 1.82) is 0 Å². The second-order valence-electron chi connectivity index (χ2n) is 7.28. The topological polar surface area (TPSA) is 106 Å². The number of rotatable bonds is 6. The zero-order valence-corrected chi connectivity index (χ0v) is 17.4. The molecule has 1 amide bonds. The molecule has 0 saturated heterocycles. The molecule has 2 N–H and O–H groups in total. The minimum Gasteiger partial charge on any atom is -0.494 e. The molecule has 0 bridgehead atoms.